The van der Waals surface area contributed by atoms with E-state index in [1.807, 2.05) is 45.2 Å². The van der Waals surface area contributed by atoms with Crippen LogP contribution in [0.15, 0.2) is 22.6 Å². The van der Waals surface area contributed by atoms with E-state index in [-0.39, 0.29) is 36.8 Å². The van der Waals surface area contributed by atoms with E-state index < -0.39 is 35.6 Å². The van der Waals surface area contributed by atoms with Crippen molar-refractivity contribution in [2.45, 2.75) is 98.2 Å². The summed E-state index contributed by atoms with van der Waals surface area (Å²) in [4.78, 5) is 30.7. The molecule has 1 saturated heterocycles. The number of carbonyl (C=O) groups excluding carboxylic acids is 2. The third-order valence-electron chi connectivity index (χ3n) is 7.44. The zero-order valence-electron chi connectivity index (χ0n) is 21.8. The number of thiazole rings is 1. The fraction of sp³-hybridized carbons (Fsp3) is 0.667. The zero-order valence-corrected chi connectivity index (χ0v) is 22.6. The minimum Gasteiger partial charge on any atom is -0.458 e. The first-order chi connectivity index (χ1) is 16.3. The molecule has 7 nitrogen and oxygen atoms in total. The maximum Gasteiger partial charge on any atom is 0.309 e. The Morgan fingerprint density at radius 3 is 2.51 bits per heavy atom. The molecule has 35 heavy (non-hydrogen) atoms. The molecule has 0 radical (unpaired) electrons. The molecule has 2 N–H and O–H groups in total. The molecule has 2 unspecified atom stereocenters. The van der Waals surface area contributed by atoms with Crippen molar-refractivity contribution in [2.75, 3.05) is 0 Å². The van der Waals surface area contributed by atoms with E-state index in [2.05, 4.69) is 11.9 Å². The average molecular weight is 506 g/mol. The van der Waals surface area contributed by atoms with Gasteiger partial charge in [-0.1, -0.05) is 33.8 Å². The fourth-order valence-electron chi connectivity index (χ4n) is 5.02. The zero-order chi connectivity index (χ0) is 26.1. The average Bonchev–Trinajstić information content (AvgIpc) is 3.35. The summed E-state index contributed by atoms with van der Waals surface area (Å²) in [6.45, 7) is 12.8. The van der Waals surface area contributed by atoms with Crippen molar-refractivity contribution in [1.29, 1.82) is 0 Å². The van der Waals surface area contributed by atoms with Crippen LogP contribution in [0.2, 0.25) is 0 Å². The van der Waals surface area contributed by atoms with Crippen LogP contribution in [0.3, 0.4) is 0 Å². The van der Waals surface area contributed by atoms with E-state index in [1.54, 1.807) is 13.8 Å². The summed E-state index contributed by atoms with van der Waals surface area (Å²) >= 11 is 1.53. The molecule has 2 aliphatic rings. The summed E-state index contributed by atoms with van der Waals surface area (Å²) in [6, 6.07) is 0. The number of cyclic esters (lactones) is 1. The lowest BCUT2D eigenvalue weighted by molar-refractivity contribution is -0.155. The minimum atomic E-state index is -1.21. The molecular weight excluding hydrogens is 466 g/mol. The number of aromatic nitrogens is 1. The first-order valence-electron chi connectivity index (χ1n) is 12.3. The van der Waals surface area contributed by atoms with Gasteiger partial charge in [0.05, 0.1) is 47.0 Å². The van der Waals surface area contributed by atoms with Gasteiger partial charge in [-0.05, 0) is 50.3 Å². The number of fused-ring (bicyclic) bond motifs is 2. The molecule has 3 heterocycles. The first kappa shape index (κ1) is 27.7. The lowest BCUT2D eigenvalue weighted by Gasteiger charge is -2.34. The summed E-state index contributed by atoms with van der Waals surface area (Å²) in [5.74, 6) is -1.06. The van der Waals surface area contributed by atoms with Crippen LogP contribution in [0.1, 0.15) is 71.5 Å². The maximum absolute atomic E-state index is 13.4. The van der Waals surface area contributed by atoms with Gasteiger partial charge < -0.3 is 19.7 Å². The lowest BCUT2D eigenvalue weighted by atomic mass is 9.73. The largest absolute Gasteiger partial charge is 0.458 e. The highest BCUT2D eigenvalue weighted by Crippen LogP contribution is 2.38. The third-order valence-corrected chi connectivity index (χ3v) is 8.23. The van der Waals surface area contributed by atoms with Crippen molar-refractivity contribution >= 4 is 29.2 Å². The van der Waals surface area contributed by atoms with Crippen LogP contribution in [0.4, 0.5) is 0 Å². The topological polar surface area (TPSA) is 106 Å². The quantitative estimate of drug-likeness (QED) is 0.457. The van der Waals surface area contributed by atoms with E-state index in [1.165, 1.54) is 11.3 Å². The summed E-state index contributed by atoms with van der Waals surface area (Å²) < 4.78 is 12.0. The second-order valence-electron chi connectivity index (χ2n) is 10.8. The van der Waals surface area contributed by atoms with Gasteiger partial charge in [-0.15, -0.1) is 11.3 Å². The predicted octanol–water partition coefficient (Wildman–Crippen LogP) is 4.25. The van der Waals surface area contributed by atoms with Gasteiger partial charge in [-0.25, -0.2) is 4.98 Å². The molecule has 2 bridgehead atoms. The molecule has 1 aromatic heterocycles. The Labute approximate surface area is 212 Å². The summed E-state index contributed by atoms with van der Waals surface area (Å²) in [5, 5.41) is 24.7. The van der Waals surface area contributed by atoms with Crippen molar-refractivity contribution in [3.63, 3.8) is 0 Å². The number of hydrogen-bond acceptors (Lipinski definition) is 8. The second-order valence-corrected chi connectivity index (χ2v) is 11.8. The highest BCUT2D eigenvalue weighted by molar-refractivity contribution is 7.09. The van der Waals surface area contributed by atoms with Crippen molar-refractivity contribution in [3.8, 4) is 0 Å². The molecule has 8 heteroatoms. The van der Waals surface area contributed by atoms with Gasteiger partial charge in [0.25, 0.3) is 0 Å². The van der Waals surface area contributed by atoms with Gasteiger partial charge in [0.1, 0.15) is 11.9 Å². The number of aliphatic hydroxyl groups excluding tert-OH is 2. The van der Waals surface area contributed by atoms with Gasteiger partial charge >= 0.3 is 5.97 Å². The molecule has 7 atom stereocenters. The van der Waals surface area contributed by atoms with Crippen LogP contribution in [0.25, 0.3) is 6.08 Å². The van der Waals surface area contributed by atoms with Gasteiger partial charge in [0, 0.05) is 17.7 Å². The van der Waals surface area contributed by atoms with Crippen molar-refractivity contribution in [3.05, 3.63) is 33.3 Å². The van der Waals surface area contributed by atoms with Crippen LogP contribution < -0.4 is 0 Å². The van der Waals surface area contributed by atoms with Crippen LogP contribution in [-0.4, -0.2) is 57.5 Å². The van der Waals surface area contributed by atoms with Gasteiger partial charge in [-0.2, -0.15) is 0 Å². The Hall–Kier alpha value is -1.87. The smallest absolute Gasteiger partial charge is 0.309 e. The molecule has 0 aliphatic carbocycles. The third kappa shape index (κ3) is 6.47. The Kier molecular flexibility index (Phi) is 8.73. The number of ether oxygens (including phenoxy) is 2. The van der Waals surface area contributed by atoms with Crippen LogP contribution in [0.5, 0.6) is 0 Å². The Morgan fingerprint density at radius 2 is 1.89 bits per heavy atom. The van der Waals surface area contributed by atoms with Crippen molar-refractivity contribution in [1.82, 2.24) is 4.98 Å². The molecule has 0 saturated carbocycles. The number of esters is 1. The standard InChI is InChI=1S/C27H39NO6S/c1-14-9-20-10-16(3)25(33-20)17(4)26(32)27(6,7)23(30)12-24(31)34-22(11-21(14)29)15(2)8-19-13-35-18(5)28-19/h8-9,13,16-17,20-23,25,29-30H,10-12H2,1-7H3/b14-9+,15-8+/t16-,17+,20?,21?,22-,23-,25-/m0/s1. The normalized spacial score (nSPS) is 36.7. The second kappa shape index (κ2) is 11.0. The van der Waals surface area contributed by atoms with Gasteiger partial charge in [0.2, 0.25) is 0 Å². The van der Waals surface area contributed by atoms with E-state index in [9.17, 15) is 19.8 Å². The molecule has 3 rings (SSSR count). The molecule has 2 aliphatic heterocycles. The molecular formula is C27H39NO6S. The molecule has 0 aromatic carbocycles. The maximum atomic E-state index is 13.4. The Balaban J connectivity index is 1.95. The predicted molar refractivity (Wildman–Crippen MR) is 136 cm³/mol. The fourth-order valence-corrected chi connectivity index (χ4v) is 5.59. The van der Waals surface area contributed by atoms with Gasteiger partial charge in [0.15, 0.2) is 0 Å². The monoisotopic (exact) mass is 505 g/mol. The molecule has 1 aromatic rings. The van der Waals surface area contributed by atoms with E-state index in [4.69, 9.17) is 9.47 Å². The SMILES string of the molecule is C/C1=C\C2C[C@H](C)[C@H](O2)[C@@H](C)C(=O)C(C)(C)[C@@H](O)CC(=O)O[C@H](/C(C)=C/c2csc(C)n2)CC1O. The number of aryl methyl sites for hydroxylation is 1. The van der Waals surface area contributed by atoms with E-state index in [0.717, 1.165) is 28.3 Å². The number of nitrogens with zero attached hydrogens (tertiary/aromatic N) is 1. The first-order valence-corrected chi connectivity index (χ1v) is 13.2. The molecule has 0 spiro atoms. The van der Waals surface area contributed by atoms with Crippen molar-refractivity contribution in [2.24, 2.45) is 17.3 Å². The van der Waals surface area contributed by atoms with Gasteiger partial charge in [-0.3, -0.25) is 9.59 Å². The molecule has 1 fully saturated rings. The number of ketones is 1. The van der Waals surface area contributed by atoms with Crippen LogP contribution >= 0.6 is 11.3 Å². The molecule has 0 amide bonds. The molecule has 194 valence electrons. The Bertz CT molecular complexity index is 996. The Morgan fingerprint density at radius 1 is 1.20 bits per heavy atom. The van der Waals surface area contributed by atoms with Crippen LogP contribution in [-0.2, 0) is 19.1 Å². The highest BCUT2D eigenvalue weighted by atomic mass is 32.1. The van der Waals surface area contributed by atoms with E-state index in [0.29, 0.717) is 0 Å². The van der Waals surface area contributed by atoms with E-state index >= 15 is 0 Å². The van der Waals surface area contributed by atoms with Crippen molar-refractivity contribution < 1.29 is 29.3 Å². The summed E-state index contributed by atoms with van der Waals surface area (Å²) in [7, 11) is 0. The number of rotatable bonds is 2. The number of Topliss-reactive ketones (excluding diaryl/α,β-unsaturated/α-hetero) is 1. The lowest BCUT2D eigenvalue weighted by Crippen LogP contribution is -2.45. The number of hydrogen-bond donors (Lipinski definition) is 2. The summed E-state index contributed by atoms with van der Waals surface area (Å²) in [6.07, 6.45) is 1.07. The summed E-state index contributed by atoms with van der Waals surface area (Å²) in [5.41, 5.74) is 1.09. The number of aliphatic hydroxyl groups is 2. The number of carbonyl (C=O) groups is 2. The van der Waals surface area contributed by atoms with Crippen LogP contribution in [0, 0.1) is 24.2 Å². The minimum absolute atomic E-state index is 0.141. The highest BCUT2D eigenvalue weighted by Gasteiger charge is 2.45.